The average Bonchev–Trinajstić information content (AvgIpc) is 3.05. The van der Waals surface area contributed by atoms with E-state index in [1.165, 1.54) is 0 Å². The molecule has 1 aromatic heterocycles. The van der Waals surface area contributed by atoms with Crippen LogP contribution in [0.1, 0.15) is 11.3 Å². The van der Waals surface area contributed by atoms with E-state index in [4.69, 9.17) is 0 Å². The van der Waals surface area contributed by atoms with Crippen molar-refractivity contribution in [2.75, 3.05) is 38.1 Å². The largest absolute Gasteiger partial charge is 0.339 e. The monoisotopic (exact) mass is 367 g/mol. The van der Waals surface area contributed by atoms with Gasteiger partial charge < -0.3 is 14.4 Å². The molecule has 3 heterocycles. The molecule has 27 heavy (non-hydrogen) atoms. The smallest absolute Gasteiger partial charge is 0.241 e. The van der Waals surface area contributed by atoms with Gasteiger partial charge in [-0.15, -0.1) is 0 Å². The number of rotatable bonds is 3. The van der Waals surface area contributed by atoms with E-state index < -0.39 is 5.92 Å². The van der Waals surface area contributed by atoms with Gasteiger partial charge in [0.1, 0.15) is 5.92 Å². The fourth-order valence-electron chi connectivity index (χ4n) is 3.84. The lowest BCUT2D eigenvalue weighted by molar-refractivity contribution is -0.142. The maximum Gasteiger partial charge on any atom is 0.241 e. The summed E-state index contributed by atoms with van der Waals surface area (Å²) in [5.41, 5.74) is 1.97. The number of hydrogen-bond donors (Lipinski definition) is 0. The van der Waals surface area contributed by atoms with Crippen molar-refractivity contribution < 1.29 is 9.59 Å². The molecule has 1 aromatic carbocycles. The van der Waals surface area contributed by atoms with Crippen LogP contribution in [0.2, 0.25) is 0 Å². The fourth-order valence-corrected chi connectivity index (χ4v) is 3.84. The van der Waals surface area contributed by atoms with Crippen molar-refractivity contribution >= 4 is 17.6 Å². The van der Waals surface area contributed by atoms with Crippen LogP contribution in [0.3, 0.4) is 0 Å². The molecule has 4 rings (SSSR count). The molecule has 0 spiro atoms. The maximum absolute atomic E-state index is 13.3. The molecule has 0 N–H and O–H groups in total. The Morgan fingerprint density at radius 2 is 1.81 bits per heavy atom. The van der Waals surface area contributed by atoms with Gasteiger partial charge in [-0.3, -0.25) is 14.5 Å². The molecule has 0 bridgehead atoms. The quantitative estimate of drug-likeness (QED) is 0.757. The molecule has 1 fully saturated rings. The predicted octanol–water partition coefficient (Wildman–Crippen LogP) is 0.900. The van der Waals surface area contributed by atoms with Crippen LogP contribution in [0.5, 0.6) is 0 Å². The summed E-state index contributed by atoms with van der Waals surface area (Å²) in [4.78, 5) is 36.6. The zero-order valence-corrected chi connectivity index (χ0v) is 15.8. The van der Waals surface area contributed by atoms with Crippen molar-refractivity contribution in [3.8, 4) is 0 Å². The average molecular weight is 367 g/mol. The minimum Gasteiger partial charge on any atom is -0.339 e. The van der Waals surface area contributed by atoms with Crippen LogP contribution in [0.25, 0.3) is 0 Å². The topological polar surface area (TPSA) is 61.7 Å². The number of aromatic nitrogens is 2. The number of aryl methyl sites for hydroxylation is 1. The van der Waals surface area contributed by atoms with Gasteiger partial charge in [-0.2, -0.15) is 0 Å². The van der Waals surface area contributed by atoms with Crippen LogP contribution in [0.15, 0.2) is 36.7 Å². The van der Waals surface area contributed by atoms with Crippen molar-refractivity contribution in [2.24, 2.45) is 13.0 Å². The third-order valence-corrected chi connectivity index (χ3v) is 5.55. The first-order valence-electron chi connectivity index (χ1n) is 9.37. The Morgan fingerprint density at radius 3 is 2.52 bits per heavy atom. The SMILES string of the molecule is CN1CCN(C(=O)[C@@H]2Cc3c(ncn3C)N(Cc3ccccc3)C2=O)CC1. The first-order valence-corrected chi connectivity index (χ1v) is 9.37. The summed E-state index contributed by atoms with van der Waals surface area (Å²) in [6.07, 6.45) is 2.14. The molecule has 2 aliphatic heterocycles. The van der Waals surface area contributed by atoms with Gasteiger partial charge in [0, 0.05) is 39.6 Å². The van der Waals surface area contributed by atoms with Gasteiger partial charge in [-0.25, -0.2) is 4.98 Å². The van der Waals surface area contributed by atoms with Crippen molar-refractivity contribution in [1.82, 2.24) is 19.4 Å². The van der Waals surface area contributed by atoms with Gasteiger partial charge in [-0.05, 0) is 12.6 Å². The molecule has 0 unspecified atom stereocenters. The van der Waals surface area contributed by atoms with Crippen molar-refractivity contribution in [2.45, 2.75) is 13.0 Å². The number of nitrogens with zero attached hydrogens (tertiary/aromatic N) is 5. The number of carbonyl (C=O) groups excluding carboxylic acids is 2. The summed E-state index contributed by atoms with van der Waals surface area (Å²) in [6.45, 7) is 3.47. The van der Waals surface area contributed by atoms with Crippen LogP contribution in [0.4, 0.5) is 5.82 Å². The zero-order valence-electron chi connectivity index (χ0n) is 15.8. The highest BCUT2D eigenvalue weighted by Crippen LogP contribution is 2.31. The molecule has 7 nitrogen and oxygen atoms in total. The second kappa shape index (κ2) is 7.15. The van der Waals surface area contributed by atoms with E-state index in [-0.39, 0.29) is 11.8 Å². The number of piperazine rings is 1. The van der Waals surface area contributed by atoms with Crippen LogP contribution in [-0.4, -0.2) is 64.4 Å². The highest BCUT2D eigenvalue weighted by Gasteiger charge is 2.41. The van der Waals surface area contributed by atoms with E-state index in [0.29, 0.717) is 31.9 Å². The van der Waals surface area contributed by atoms with E-state index in [0.717, 1.165) is 24.3 Å². The van der Waals surface area contributed by atoms with Crippen molar-refractivity contribution in [3.05, 3.63) is 47.9 Å². The van der Waals surface area contributed by atoms with Crippen LogP contribution < -0.4 is 4.90 Å². The van der Waals surface area contributed by atoms with Gasteiger partial charge in [0.15, 0.2) is 5.82 Å². The second-order valence-corrected chi connectivity index (χ2v) is 7.42. The number of fused-ring (bicyclic) bond motifs is 1. The predicted molar refractivity (Wildman–Crippen MR) is 102 cm³/mol. The summed E-state index contributed by atoms with van der Waals surface area (Å²) < 4.78 is 1.92. The lowest BCUT2D eigenvalue weighted by atomic mass is 9.94. The fraction of sp³-hybridized carbons (Fsp3) is 0.450. The Kier molecular flexibility index (Phi) is 4.70. The molecule has 1 atom stereocenters. The van der Waals surface area contributed by atoms with E-state index in [2.05, 4.69) is 16.9 Å². The summed E-state index contributed by atoms with van der Waals surface area (Å²) in [5.74, 6) is -0.194. The normalized spacial score (nSPS) is 20.7. The molecule has 7 heteroatoms. The molecular weight excluding hydrogens is 342 g/mol. The van der Waals surface area contributed by atoms with Crippen molar-refractivity contribution in [1.29, 1.82) is 0 Å². The van der Waals surface area contributed by atoms with Crippen molar-refractivity contribution in [3.63, 3.8) is 0 Å². The third kappa shape index (κ3) is 3.35. The summed E-state index contributed by atoms with van der Waals surface area (Å²) in [7, 11) is 3.97. The van der Waals surface area contributed by atoms with Crippen LogP contribution >= 0.6 is 0 Å². The lowest BCUT2D eigenvalue weighted by Crippen LogP contribution is -2.53. The summed E-state index contributed by atoms with van der Waals surface area (Å²) in [5, 5.41) is 0. The Labute approximate surface area is 159 Å². The van der Waals surface area contributed by atoms with Gasteiger partial charge >= 0.3 is 0 Å². The number of likely N-dealkylation sites (N-methyl/N-ethyl adjacent to an activating group) is 1. The number of amides is 2. The molecule has 0 saturated carbocycles. The minimum absolute atomic E-state index is 0.0574. The van der Waals surface area contributed by atoms with E-state index in [9.17, 15) is 9.59 Å². The van der Waals surface area contributed by atoms with Gasteiger partial charge in [-0.1, -0.05) is 30.3 Å². The van der Waals surface area contributed by atoms with Gasteiger partial charge in [0.2, 0.25) is 11.8 Å². The molecular formula is C20H25N5O2. The highest BCUT2D eigenvalue weighted by atomic mass is 16.2. The molecule has 0 aliphatic carbocycles. The molecule has 0 radical (unpaired) electrons. The van der Waals surface area contributed by atoms with Gasteiger partial charge in [0.25, 0.3) is 0 Å². The van der Waals surface area contributed by atoms with Crippen LogP contribution in [0, 0.1) is 5.92 Å². The summed E-state index contributed by atoms with van der Waals surface area (Å²) in [6, 6.07) is 9.84. The zero-order chi connectivity index (χ0) is 19.0. The highest BCUT2D eigenvalue weighted by molar-refractivity contribution is 6.09. The molecule has 2 aromatic rings. The number of hydrogen-bond acceptors (Lipinski definition) is 4. The minimum atomic E-state index is -0.667. The van der Waals surface area contributed by atoms with E-state index in [1.807, 2.05) is 46.8 Å². The molecule has 1 saturated heterocycles. The summed E-state index contributed by atoms with van der Waals surface area (Å²) >= 11 is 0. The first-order chi connectivity index (χ1) is 13.0. The molecule has 142 valence electrons. The number of benzene rings is 1. The van der Waals surface area contributed by atoms with E-state index in [1.54, 1.807) is 11.2 Å². The molecule has 2 amide bonds. The van der Waals surface area contributed by atoms with E-state index >= 15 is 0 Å². The Balaban J connectivity index is 1.62. The number of anilines is 1. The Bertz CT molecular complexity index is 839. The molecule has 2 aliphatic rings. The van der Waals surface area contributed by atoms with Crippen LogP contribution in [-0.2, 0) is 29.6 Å². The first kappa shape index (κ1) is 17.7. The number of imidazole rings is 1. The third-order valence-electron chi connectivity index (χ3n) is 5.55. The maximum atomic E-state index is 13.3. The lowest BCUT2D eigenvalue weighted by Gasteiger charge is -2.37. The Morgan fingerprint density at radius 1 is 1.11 bits per heavy atom. The van der Waals surface area contributed by atoms with Gasteiger partial charge in [0.05, 0.1) is 18.6 Å². The standard InChI is InChI=1S/C20H25N5O2/c1-22-8-10-24(11-9-22)19(26)16-12-17-18(21-14-23(17)2)25(20(16)27)13-15-6-4-3-5-7-15/h3-7,14,16H,8-13H2,1-2H3/t16-/m0/s1. The Hall–Kier alpha value is -2.67. The second-order valence-electron chi connectivity index (χ2n) is 7.42. The number of carbonyl (C=O) groups is 2.